The molecule has 2 unspecified atom stereocenters. The molecular formula is C22H26O5. The first-order valence-electron chi connectivity index (χ1n) is 9.43. The first-order valence-corrected chi connectivity index (χ1v) is 9.43. The Balaban J connectivity index is 1.48. The second-order valence-corrected chi connectivity index (χ2v) is 7.19. The molecule has 0 aromatic heterocycles. The number of methoxy groups -OCH3 is 1. The average molecular weight is 370 g/mol. The van der Waals surface area contributed by atoms with Crippen LogP contribution in [0, 0.1) is 5.92 Å². The molecule has 144 valence electrons. The molecule has 2 aromatic rings. The Hall–Kier alpha value is -1.76. The van der Waals surface area contributed by atoms with Gasteiger partial charge in [-0.2, -0.15) is 0 Å². The van der Waals surface area contributed by atoms with Crippen LogP contribution in [-0.2, 0) is 32.2 Å². The van der Waals surface area contributed by atoms with E-state index in [2.05, 4.69) is 0 Å². The fourth-order valence-corrected chi connectivity index (χ4v) is 3.89. The Bertz CT molecular complexity index is 707. The van der Waals surface area contributed by atoms with Gasteiger partial charge < -0.3 is 24.1 Å². The Morgan fingerprint density at radius 2 is 1.44 bits per heavy atom. The monoisotopic (exact) mass is 370 g/mol. The highest BCUT2D eigenvalue weighted by molar-refractivity contribution is 5.15. The molecule has 4 rings (SSSR count). The summed E-state index contributed by atoms with van der Waals surface area (Å²) in [6.07, 6.45) is -1.18. The van der Waals surface area contributed by atoms with Crippen LogP contribution in [0.2, 0.25) is 0 Å². The molecule has 6 atom stereocenters. The van der Waals surface area contributed by atoms with E-state index in [1.165, 1.54) is 0 Å². The van der Waals surface area contributed by atoms with Gasteiger partial charge in [0.1, 0.15) is 6.10 Å². The van der Waals surface area contributed by atoms with Gasteiger partial charge in [0, 0.05) is 13.0 Å². The summed E-state index contributed by atoms with van der Waals surface area (Å²) in [4.78, 5) is 0. The molecule has 5 heteroatoms. The van der Waals surface area contributed by atoms with E-state index in [4.69, 9.17) is 18.9 Å². The number of fused-ring (bicyclic) bond motifs is 1. The highest BCUT2D eigenvalue weighted by Gasteiger charge is 2.56. The van der Waals surface area contributed by atoms with Crippen molar-refractivity contribution in [3.8, 4) is 0 Å². The quantitative estimate of drug-likeness (QED) is 0.812. The molecule has 2 aromatic carbocycles. The van der Waals surface area contributed by atoms with E-state index in [9.17, 15) is 5.11 Å². The number of benzene rings is 2. The van der Waals surface area contributed by atoms with Crippen molar-refractivity contribution < 1.29 is 24.1 Å². The molecule has 2 aliphatic rings. The third-order valence-electron chi connectivity index (χ3n) is 5.42. The first-order chi connectivity index (χ1) is 13.3. The number of hydrogen-bond donors (Lipinski definition) is 1. The molecule has 0 bridgehead atoms. The van der Waals surface area contributed by atoms with Crippen LogP contribution in [0.15, 0.2) is 60.7 Å². The van der Waals surface area contributed by atoms with Gasteiger partial charge in [-0.25, -0.2) is 0 Å². The summed E-state index contributed by atoms with van der Waals surface area (Å²) in [6, 6.07) is 20.1. The van der Waals surface area contributed by atoms with E-state index in [0.717, 1.165) is 11.1 Å². The van der Waals surface area contributed by atoms with E-state index < -0.39 is 12.4 Å². The van der Waals surface area contributed by atoms with E-state index in [1.54, 1.807) is 7.11 Å². The topological polar surface area (TPSA) is 57.2 Å². The summed E-state index contributed by atoms with van der Waals surface area (Å²) < 4.78 is 24.0. The van der Waals surface area contributed by atoms with Crippen LogP contribution in [-0.4, -0.2) is 42.9 Å². The van der Waals surface area contributed by atoms with Gasteiger partial charge in [-0.15, -0.1) is 0 Å². The van der Waals surface area contributed by atoms with Crippen LogP contribution in [0.5, 0.6) is 0 Å². The predicted molar refractivity (Wildman–Crippen MR) is 99.8 cm³/mol. The van der Waals surface area contributed by atoms with Crippen molar-refractivity contribution >= 4 is 0 Å². The third-order valence-corrected chi connectivity index (χ3v) is 5.42. The van der Waals surface area contributed by atoms with Gasteiger partial charge in [0.25, 0.3) is 0 Å². The fourth-order valence-electron chi connectivity index (χ4n) is 3.89. The maximum Gasteiger partial charge on any atom is 0.186 e. The lowest BCUT2D eigenvalue weighted by molar-refractivity contribution is -0.339. The summed E-state index contributed by atoms with van der Waals surface area (Å²) in [5.74, 6) is 0.107. The van der Waals surface area contributed by atoms with Crippen LogP contribution in [0.25, 0.3) is 0 Å². The van der Waals surface area contributed by atoms with Gasteiger partial charge in [-0.05, 0) is 17.5 Å². The van der Waals surface area contributed by atoms with Crippen molar-refractivity contribution in [1.29, 1.82) is 0 Å². The van der Waals surface area contributed by atoms with E-state index in [0.29, 0.717) is 19.6 Å². The van der Waals surface area contributed by atoms with Crippen LogP contribution < -0.4 is 0 Å². The second kappa shape index (κ2) is 8.50. The maximum atomic E-state index is 10.1. The largest absolute Gasteiger partial charge is 0.390 e. The van der Waals surface area contributed by atoms with Crippen molar-refractivity contribution in [3.05, 3.63) is 71.8 Å². The summed E-state index contributed by atoms with van der Waals surface area (Å²) in [5, 5.41) is 10.1. The molecule has 1 saturated heterocycles. The summed E-state index contributed by atoms with van der Waals surface area (Å²) in [6.45, 7) is 0.951. The SMILES string of the molecule is CO[C@H]1O[C@@H]2C(O)CC2[C@H](OCc2ccccc2)[C@H]1OCc1ccccc1. The van der Waals surface area contributed by atoms with Crippen molar-refractivity contribution in [3.63, 3.8) is 0 Å². The number of rotatable bonds is 7. The van der Waals surface area contributed by atoms with E-state index in [-0.39, 0.29) is 24.2 Å². The molecule has 0 radical (unpaired) electrons. The molecule has 1 aliphatic carbocycles. The molecule has 27 heavy (non-hydrogen) atoms. The van der Waals surface area contributed by atoms with Gasteiger partial charge in [0.2, 0.25) is 0 Å². The zero-order valence-corrected chi connectivity index (χ0v) is 15.4. The minimum absolute atomic E-state index is 0.107. The van der Waals surface area contributed by atoms with Crippen molar-refractivity contribution in [2.45, 2.75) is 50.3 Å². The van der Waals surface area contributed by atoms with Crippen LogP contribution >= 0.6 is 0 Å². The first kappa shape index (κ1) is 18.6. The van der Waals surface area contributed by atoms with Crippen LogP contribution in [0.4, 0.5) is 0 Å². The minimum atomic E-state index is -0.564. The van der Waals surface area contributed by atoms with Crippen LogP contribution in [0.3, 0.4) is 0 Å². The van der Waals surface area contributed by atoms with Gasteiger partial charge in [0.15, 0.2) is 6.29 Å². The highest BCUT2D eigenvalue weighted by Crippen LogP contribution is 2.43. The summed E-state index contributed by atoms with van der Waals surface area (Å²) in [7, 11) is 1.60. The van der Waals surface area contributed by atoms with Crippen molar-refractivity contribution in [2.24, 2.45) is 5.92 Å². The molecule has 1 heterocycles. The standard InChI is InChI=1S/C22H26O5/c1-24-22-21(26-14-16-10-6-3-7-11-16)20(17-12-18(23)19(17)27-22)25-13-15-8-4-2-5-9-15/h2-11,17-23H,12-14H2,1H3/t17?,18?,19-,20-,21+,22-/m0/s1. The number of aliphatic hydroxyl groups excluding tert-OH is 1. The molecule has 1 N–H and O–H groups in total. The number of aliphatic hydroxyl groups is 1. The zero-order chi connectivity index (χ0) is 18.6. The lowest BCUT2D eigenvalue weighted by atomic mass is 9.72. The van der Waals surface area contributed by atoms with Crippen molar-refractivity contribution in [2.75, 3.05) is 7.11 Å². The van der Waals surface area contributed by atoms with Crippen LogP contribution in [0.1, 0.15) is 17.5 Å². The lowest BCUT2D eigenvalue weighted by Gasteiger charge is -2.53. The van der Waals surface area contributed by atoms with E-state index in [1.807, 2.05) is 60.7 Å². The molecule has 1 saturated carbocycles. The lowest BCUT2D eigenvalue weighted by Crippen LogP contribution is -2.65. The summed E-state index contributed by atoms with van der Waals surface area (Å²) >= 11 is 0. The maximum absolute atomic E-state index is 10.1. The fraction of sp³-hybridized carbons (Fsp3) is 0.455. The molecule has 0 spiro atoms. The van der Waals surface area contributed by atoms with Gasteiger partial charge >= 0.3 is 0 Å². The van der Waals surface area contributed by atoms with Gasteiger partial charge in [0.05, 0.1) is 31.5 Å². The normalized spacial score (nSPS) is 32.5. The number of hydrogen-bond acceptors (Lipinski definition) is 5. The van der Waals surface area contributed by atoms with Gasteiger partial charge in [-0.3, -0.25) is 0 Å². The van der Waals surface area contributed by atoms with Gasteiger partial charge in [-0.1, -0.05) is 60.7 Å². The highest BCUT2D eigenvalue weighted by atomic mass is 16.7. The molecular weight excluding hydrogens is 344 g/mol. The Morgan fingerprint density at radius 1 is 0.889 bits per heavy atom. The molecule has 2 fully saturated rings. The van der Waals surface area contributed by atoms with E-state index >= 15 is 0 Å². The minimum Gasteiger partial charge on any atom is -0.390 e. The number of ether oxygens (including phenoxy) is 4. The third kappa shape index (κ3) is 4.08. The molecule has 5 nitrogen and oxygen atoms in total. The molecule has 1 aliphatic heterocycles. The average Bonchev–Trinajstić information content (AvgIpc) is 2.72. The molecule has 0 amide bonds. The second-order valence-electron chi connectivity index (χ2n) is 7.19. The smallest absolute Gasteiger partial charge is 0.186 e. The Labute approximate surface area is 159 Å². The predicted octanol–water partition coefficient (Wildman–Crippen LogP) is 2.91. The Kier molecular flexibility index (Phi) is 5.86. The Morgan fingerprint density at radius 3 is 1.96 bits per heavy atom. The van der Waals surface area contributed by atoms with Crippen molar-refractivity contribution in [1.82, 2.24) is 0 Å². The summed E-state index contributed by atoms with van der Waals surface area (Å²) in [5.41, 5.74) is 2.20. The zero-order valence-electron chi connectivity index (χ0n) is 15.4.